The molecule has 0 spiro atoms. The molecule has 1 aliphatic rings. The highest BCUT2D eigenvalue weighted by Gasteiger charge is 2.31. The maximum absolute atomic E-state index is 5.75. The third-order valence-electron chi connectivity index (χ3n) is 2.57. The first kappa shape index (κ1) is 9.75. The zero-order chi connectivity index (χ0) is 9.03. The molecular formula is C10H19NO. The quantitative estimate of drug-likeness (QED) is 0.654. The molecule has 70 valence electrons. The van der Waals surface area contributed by atoms with Crippen LogP contribution in [0.2, 0.25) is 0 Å². The van der Waals surface area contributed by atoms with E-state index in [0.29, 0.717) is 6.61 Å². The summed E-state index contributed by atoms with van der Waals surface area (Å²) in [6.07, 6.45) is 6.25. The van der Waals surface area contributed by atoms with Gasteiger partial charge in [0.15, 0.2) is 0 Å². The van der Waals surface area contributed by atoms with Crippen molar-refractivity contribution in [2.24, 2.45) is 5.73 Å². The molecule has 1 heterocycles. The second kappa shape index (κ2) is 4.06. The zero-order valence-electron chi connectivity index (χ0n) is 7.88. The first-order valence-electron chi connectivity index (χ1n) is 4.75. The largest absolute Gasteiger partial charge is 0.369 e. The Labute approximate surface area is 74.8 Å². The molecule has 2 nitrogen and oxygen atoms in total. The molecule has 0 aromatic rings. The van der Waals surface area contributed by atoms with Gasteiger partial charge in [0.05, 0.1) is 12.2 Å². The van der Waals surface area contributed by atoms with Crippen LogP contribution in [0, 0.1) is 0 Å². The number of hydrogen-bond acceptors (Lipinski definition) is 2. The summed E-state index contributed by atoms with van der Waals surface area (Å²) in [7, 11) is 0. The van der Waals surface area contributed by atoms with Crippen molar-refractivity contribution < 1.29 is 4.74 Å². The van der Waals surface area contributed by atoms with Gasteiger partial charge in [0.1, 0.15) is 0 Å². The lowest BCUT2D eigenvalue weighted by atomic mass is 9.88. The molecule has 1 saturated heterocycles. The fourth-order valence-electron chi connectivity index (χ4n) is 1.74. The standard InChI is InChI=1S/C10H19NO/c1-3-6-10(4-2)7-5-9(11)8-12-10/h4,9H,2-3,5-8,11H2,1H3. The van der Waals surface area contributed by atoms with Crippen molar-refractivity contribution in [3.05, 3.63) is 12.7 Å². The Bertz CT molecular complexity index is 148. The molecule has 1 rings (SSSR count). The third-order valence-corrected chi connectivity index (χ3v) is 2.57. The van der Waals surface area contributed by atoms with Crippen LogP contribution in [0.25, 0.3) is 0 Å². The number of hydrogen-bond donors (Lipinski definition) is 1. The fourth-order valence-corrected chi connectivity index (χ4v) is 1.74. The van der Waals surface area contributed by atoms with E-state index in [2.05, 4.69) is 13.5 Å². The van der Waals surface area contributed by atoms with E-state index in [1.165, 1.54) is 0 Å². The van der Waals surface area contributed by atoms with Gasteiger partial charge in [-0.05, 0) is 19.3 Å². The lowest BCUT2D eigenvalue weighted by Crippen LogP contribution is -2.42. The maximum atomic E-state index is 5.75. The van der Waals surface area contributed by atoms with Crippen molar-refractivity contribution in [2.75, 3.05) is 6.61 Å². The second-order valence-electron chi connectivity index (χ2n) is 3.63. The van der Waals surface area contributed by atoms with E-state index < -0.39 is 0 Å². The van der Waals surface area contributed by atoms with Crippen molar-refractivity contribution in [2.45, 2.75) is 44.2 Å². The van der Waals surface area contributed by atoms with E-state index in [0.717, 1.165) is 25.7 Å². The van der Waals surface area contributed by atoms with Gasteiger partial charge in [0.25, 0.3) is 0 Å². The predicted molar refractivity (Wildman–Crippen MR) is 51.0 cm³/mol. The lowest BCUT2D eigenvalue weighted by molar-refractivity contribution is -0.0566. The minimum atomic E-state index is -0.0649. The van der Waals surface area contributed by atoms with Gasteiger partial charge < -0.3 is 10.5 Å². The average molecular weight is 169 g/mol. The molecule has 1 fully saturated rings. The summed E-state index contributed by atoms with van der Waals surface area (Å²) in [4.78, 5) is 0. The predicted octanol–water partition coefficient (Wildman–Crippen LogP) is 1.85. The Morgan fingerprint density at radius 3 is 2.92 bits per heavy atom. The van der Waals surface area contributed by atoms with E-state index >= 15 is 0 Å². The van der Waals surface area contributed by atoms with E-state index in [4.69, 9.17) is 10.5 Å². The molecule has 2 atom stereocenters. The molecule has 0 saturated carbocycles. The normalized spacial score (nSPS) is 36.3. The summed E-state index contributed by atoms with van der Waals surface area (Å²) < 4.78 is 5.72. The van der Waals surface area contributed by atoms with Crippen LogP contribution in [0.1, 0.15) is 32.6 Å². The summed E-state index contributed by atoms with van der Waals surface area (Å²) in [5.74, 6) is 0. The van der Waals surface area contributed by atoms with Crippen LogP contribution in [0.3, 0.4) is 0 Å². The maximum Gasteiger partial charge on any atom is 0.0861 e. The minimum Gasteiger partial charge on any atom is -0.369 e. The average Bonchev–Trinajstić information content (AvgIpc) is 2.10. The first-order chi connectivity index (χ1) is 5.72. The fraction of sp³-hybridized carbons (Fsp3) is 0.800. The number of rotatable bonds is 3. The molecular weight excluding hydrogens is 150 g/mol. The minimum absolute atomic E-state index is 0.0649. The van der Waals surface area contributed by atoms with Crippen molar-refractivity contribution in [1.29, 1.82) is 0 Å². The molecule has 0 radical (unpaired) electrons. The molecule has 2 unspecified atom stereocenters. The van der Waals surface area contributed by atoms with Crippen LogP contribution >= 0.6 is 0 Å². The Balaban J connectivity index is 2.50. The van der Waals surface area contributed by atoms with Crippen molar-refractivity contribution in [1.82, 2.24) is 0 Å². The van der Waals surface area contributed by atoms with Gasteiger partial charge in [-0.3, -0.25) is 0 Å². The molecule has 0 aromatic heterocycles. The van der Waals surface area contributed by atoms with E-state index in [1.807, 2.05) is 6.08 Å². The van der Waals surface area contributed by atoms with Gasteiger partial charge >= 0.3 is 0 Å². The highest BCUT2D eigenvalue weighted by Crippen LogP contribution is 2.29. The molecule has 2 N–H and O–H groups in total. The first-order valence-corrected chi connectivity index (χ1v) is 4.75. The van der Waals surface area contributed by atoms with Gasteiger partial charge in [-0.1, -0.05) is 19.4 Å². The molecule has 0 amide bonds. The monoisotopic (exact) mass is 169 g/mol. The lowest BCUT2D eigenvalue weighted by Gasteiger charge is -2.37. The summed E-state index contributed by atoms with van der Waals surface area (Å²) >= 11 is 0. The van der Waals surface area contributed by atoms with Crippen molar-refractivity contribution >= 4 is 0 Å². The molecule has 0 bridgehead atoms. The van der Waals surface area contributed by atoms with Crippen LogP contribution < -0.4 is 5.73 Å². The van der Waals surface area contributed by atoms with Gasteiger partial charge in [-0.25, -0.2) is 0 Å². The topological polar surface area (TPSA) is 35.2 Å². The van der Waals surface area contributed by atoms with Gasteiger partial charge in [0.2, 0.25) is 0 Å². The highest BCUT2D eigenvalue weighted by atomic mass is 16.5. The number of ether oxygens (including phenoxy) is 1. The smallest absolute Gasteiger partial charge is 0.0861 e. The summed E-state index contributed by atoms with van der Waals surface area (Å²) in [6, 6.07) is 0.231. The second-order valence-corrected chi connectivity index (χ2v) is 3.63. The van der Waals surface area contributed by atoms with Crippen molar-refractivity contribution in [3.63, 3.8) is 0 Å². The van der Waals surface area contributed by atoms with Crippen LogP contribution in [-0.2, 0) is 4.74 Å². The van der Waals surface area contributed by atoms with Gasteiger partial charge in [-0.15, -0.1) is 6.58 Å². The number of nitrogens with two attached hydrogens (primary N) is 1. The molecule has 0 aliphatic carbocycles. The van der Waals surface area contributed by atoms with Crippen molar-refractivity contribution in [3.8, 4) is 0 Å². The Morgan fingerprint density at radius 2 is 2.50 bits per heavy atom. The molecule has 12 heavy (non-hydrogen) atoms. The highest BCUT2D eigenvalue weighted by molar-refractivity contribution is 5.00. The SMILES string of the molecule is C=CC1(CCC)CCC(N)CO1. The van der Waals surface area contributed by atoms with Crippen LogP contribution in [0.15, 0.2) is 12.7 Å². The summed E-state index contributed by atoms with van der Waals surface area (Å²) in [5, 5.41) is 0. The van der Waals surface area contributed by atoms with E-state index in [1.54, 1.807) is 0 Å². The third kappa shape index (κ3) is 2.08. The summed E-state index contributed by atoms with van der Waals surface area (Å²) in [5.41, 5.74) is 5.68. The summed E-state index contributed by atoms with van der Waals surface area (Å²) in [6.45, 7) is 6.69. The van der Waals surface area contributed by atoms with Crippen LogP contribution in [0.4, 0.5) is 0 Å². The zero-order valence-corrected chi connectivity index (χ0v) is 7.88. The van der Waals surface area contributed by atoms with Gasteiger partial charge in [0, 0.05) is 6.04 Å². The molecule has 1 aliphatic heterocycles. The van der Waals surface area contributed by atoms with E-state index in [9.17, 15) is 0 Å². The van der Waals surface area contributed by atoms with Crippen LogP contribution in [0.5, 0.6) is 0 Å². The molecule has 2 heteroatoms. The molecule has 0 aromatic carbocycles. The Morgan fingerprint density at radius 1 is 1.75 bits per heavy atom. The van der Waals surface area contributed by atoms with Crippen LogP contribution in [-0.4, -0.2) is 18.2 Å². The Kier molecular flexibility index (Phi) is 3.29. The van der Waals surface area contributed by atoms with Gasteiger partial charge in [-0.2, -0.15) is 0 Å². The van der Waals surface area contributed by atoms with E-state index in [-0.39, 0.29) is 11.6 Å². The Hall–Kier alpha value is -0.340.